The molecule has 4 aromatic heterocycles. The van der Waals surface area contributed by atoms with Gasteiger partial charge in [-0.1, -0.05) is 24.0 Å². The van der Waals surface area contributed by atoms with Gasteiger partial charge >= 0.3 is 0 Å². The normalized spacial score (nSPS) is 18.5. The van der Waals surface area contributed by atoms with Gasteiger partial charge in [0, 0.05) is 62.0 Å². The highest BCUT2D eigenvalue weighted by atomic mass is 19.3. The van der Waals surface area contributed by atoms with Crippen LogP contribution in [-0.2, 0) is 11.3 Å². The molecule has 0 amide bonds. The van der Waals surface area contributed by atoms with Gasteiger partial charge in [-0.3, -0.25) is 14.9 Å². The zero-order valence-electron chi connectivity index (χ0n) is 23.2. The Bertz CT molecular complexity index is 1850. The van der Waals surface area contributed by atoms with E-state index in [1.54, 1.807) is 40.4 Å². The van der Waals surface area contributed by atoms with Gasteiger partial charge in [-0.15, -0.1) is 0 Å². The van der Waals surface area contributed by atoms with E-state index in [0.29, 0.717) is 64.5 Å². The Balaban J connectivity index is 1.24. The number of imidazole rings is 1. The smallest absolute Gasteiger partial charge is 0.261 e. The van der Waals surface area contributed by atoms with Crippen LogP contribution in [0.25, 0.3) is 33.7 Å². The Morgan fingerprint density at radius 1 is 1.07 bits per heavy atom. The van der Waals surface area contributed by atoms with E-state index in [4.69, 9.17) is 14.8 Å². The van der Waals surface area contributed by atoms with Gasteiger partial charge in [-0.25, -0.2) is 22.8 Å². The number of rotatable bonds is 5. The molecule has 43 heavy (non-hydrogen) atoms. The number of nitrogens with one attached hydrogen (secondary N) is 1. The Morgan fingerprint density at radius 2 is 1.98 bits per heavy atom. The topological polar surface area (TPSA) is 84.8 Å². The third kappa shape index (κ3) is 5.89. The number of H-pyrrole nitrogens is 1. The predicted octanol–water partition coefficient (Wildman–Crippen LogP) is 5.96. The number of halogens is 3. The molecule has 0 spiro atoms. The molecule has 2 fully saturated rings. The highest BCUT2D eigenvalue weighted by Crippen LogP contribution is 2.31. The minimum absolute atomic E-state index is 0.126. The largest absolute Gasteiger partial charge is 0.357 e. The molecular weight excluding hydrogens is 555 g/mol. The average Bonchev–Trinajstić information content (AvgIpc) is 3.72. The fourth-order valence-electron chi connectivity index (χ4n) is 5.63. The first kappa shape index (κ1) is 27.3. The van der Waals surface area contributed by atoms with Crippen molar-refractivity contribution in [3.8, 4) is 34.5 Å². The lowest BCUT2D eigenvalue weighted by Gasteiger charge is -2.22. The number of hydrogen-bond acceptors (Lipinski definition) is 6. The van der Waals surface area contributed by atoms with Gasteiger partial charge < -0.3 is 9.72 Å². The fraction of sp³-hybridized carbons (Fsp3) is 0.312. The van der Waals surface area contributed by atoms with Crippen LogP contribution in [0.3, 0.4) is 0 Å². The van der Waals surface area contributed by atoms with Gasteiger partial charge in [0.25, 0.3) is 5.92 Å². The first-order valence-corrected chi connectivity index (χ1v) is 14.3. The van der Waals surface area contributed by atoms with Crippen LogP contribution in [-0.4, -0.2) is 60.2 Å². The number of hydrogen-bond donors (Lipinski definition) is 1. The second kappa shape index (κ2) is 11.3. The Hall–Kier alpha value is -4.53. The Kier molecular flexibility index (Phi) is 7.16. The van der Waals surface area contributed by atoms with Gasteiger partial charge in [0.1, 0.15) is 17.7 Å². The van der Waals surface area contributed by atoms with Crippen molar-refractivity contribution in [1.82, 2.24) is 34.6 Å². The summed E-state index contributed by atoms with van der Waals surface area (Å²) in [6, 6.07) is 8.20. The quantitative estimate of drug-likeness (QED) is 0.257. The van der Waals surface area contributed by atoms with Crippen LogP contribution in [0.15, 0.2) is 61.3 Å². The number of fused-ring (bicyclic) bond motifs is 1. The molecule has 2 aliphatic heterocycles. The monoisotopic (exact) mass is 583 g/mol. The molecule has 1 atom stereocenters. The summed E-state index contributed by atoms with van der Waals surface area (Å²) in [7, 11) is 0. The summed E-state index contributed by atoms with van der Waals surface area (Å²) in [4.78, 5) is 18.5. The maximum absolute atomic E-state index is 14.0. The lowest BCUT2D eigenvalue weighted by molar-refractivity contribution is -0.0393. The lowest BCUT2D eigenvalue weighted by atomic mass is 10.1. The maximum atomic E-state index is 14.0. The van der Waals surface area contributed by atoms with E-state index in [2.05, 4.69) is 26.8 Å². The molecule has 0 bridgehead atoms. The molecular formula is C32H28F3N7O. The van der Waals surface area contributed by atoms with Crippen molar-refractivity contribution >= 4 is 11.0 Å². The molecule has 0 saturated carbocycles. The predicted molar refractivity (Wildman–Crippen MR) is 154 cm³/mol. The van der Waals surface area contributed by atoms with Gasteiger partial charge in [0.15, 0.2) is 5.82 Å². The van der Waals surface area contributed by atoms with Crippen LogP contribution in [0.2, 0.25) is 0 Å². The molecule has 2 saturated heterocycles. The van der Waals surface area contributed by atoms with E-state index in [9.17, 15) is 13.2 Å². The van der Waals surface area contributed by atoms with Crippen LogP contribution < -0.4 is 0 Å². The van der Waals surface area contributed by atoms with E-state index < -0.39 is 5.92 Å². The minimum Gasteiger partial charge on any atom is -0.357 e. The molecule has 1 aromatic carbocycles. The number of alkyl halides is 2. The SMILES string of the molecule is Fc1cccc(-c2cncc3[nH]c(-c4nn(C5CCCCO5)cc4C#Cc4cncc(CN5CCC(F)(F)C5)c4)nc23)c1. The summed E-state index contributed by atoms with van der Waals surface area (Å²) < 4.78 is 49.1. The van der Waals surface area contributed by atoms with E-state index in [1.165, 1.54) is 12.1 Å². The van der Waals surface area contributed by atoms with E-state index >= 15 is 0 Å². The van der Waals surface area contributed by atoms with Crippen molar-refractivity contribution in [2.45, 2.75) is 44.4 Å². The molecule has 0 radical (unpaired) electrons. The summed E-state index contributed by atoms with van der Waals surface area (Å²) >= 11 is 0. The second-order valence-corrected chi connectivity index (χ2v) is 11.0. The molecule has 1 N–H and O–H groups in total. The van der Waals surface area contributed by atoms with Gasteiger partial charge in [-0.05, 0) is 48.6 Å². The highest BCUT2D eigenvalue weighted by Gasteiger charge is 2.37. The summed E-state index contributed by atoms with van der Waals surface area (Å²) in [5.74, 6) is 3.92. The van der Waals surface area contributed by atoms with Gasteiger partial charge in [-0.2, -0.15) is 5.10 Å². The number of aromatic amines is 1. The summed E-state index contributed by atoms with van der Waals surface area (Å²) in [5.41, 5.74) is 5.36. The molecule has 218 valence electrons. The third-order valence-corrected chi connectivity index (χ3v) is 7.73. The zero-order valence-corrected chi connectivity index (χ0v) is 23.2. The van der Waals surface area contributed by atoms with Crippen molar-refractivity contribution in [2.24, 2.45) is 0 Å². The molecule has 1 unspecified atom stereocenters. The van der Waals surface area contributed by atoms with Crippen molar-refractivity contribution < 1.29 is 17.9 Å². The minimum atomic E-state index is -2.64. The van der Waals surface area contributed by atoms with Crippen molar-refractivity contribution in [2.75, 3.05) is 19.7 Å². The number of ether oxygens (including phenoxy) is 1. The number of benzene rings is 1. The standard InChI is InChI=1S/C32H28F3N7O/c33-25-5-3-4-23(13-25)26-16-37-17-27-30(26)39-31(38-27)29-24(19-42(40-29)28-6-1-2-11-43-28)8-7-21-12-22(15-36-14-21)18-41-10-9-32(34,35)20-41/h3-5,12-17,19,28H,1-2,6,9-11,18,20H2,(H,38,39). The van der Waals surface area contributed by atoms with Crippen molar-refractivity contribution in [3.05, 3.63) is 83.8 Å². The molecule has 11 heteroatoms. The van der Waals surface area contributed by atoms with Crippen molar-refractivity contribution in [3.63, 3.8) is 0 Å². The van der Waals surface area contributed by atoms with Crippen LogP contribution >= 0.6 is 0 Å². The highest BCUT2D eigenvalue weighted by molar-refractivity contribution is 5.92. The zero-order chi connectivity index (χ0) is 29.4. The molecule has 2 aliphatic rings. The maximum Gasteiger partial charge on any atom is 0.261 e. The van der Waals surface area contributed by atoms with Gasteiger partial charge in [0.2, 0.25) is 0 Å². The van der Waals surface area contributed by atoms with Crippen LogP contribution in [0.5, 0.6) is 0 Å². The Morgan fingerprint density at radius 3 is 2.79 bits per heavy atom. The average molecular weight is 584 g/mol. The number of pyridine rings is 2. The second-order valence-electron chi connectivity index (χ2n) is 11.0. The first-order valence-electron chi connectivity index (χ1n) is 14.3. The molecule has 8 nitrogen and oxygen atoms in total. The van der Waals surface area contributed by atoms with E-state index in [1.807, 2.05) is 18.3 Å². The molecule has 5 aromatic rings. The number of nitrogens with zero attached hydrogens (tertiary/aromatic N) is 6. The van der Waals surface area contributed by atoms with E-state index in [0.717, 1.165) is 24.8 Å². The van der Waals surface area contributed by atoms with Crippen molar-refractivity contribution in [1.29, 1.82) is 0 Å². The van der Waals surface area contributed by atoms with E-state index in [-0.39, 0.29) is 25.0 Å². The lowest BCUT2D eigenvalue weighted by Crippen LogP contribution is -2.24. The van der Waals surface area contributed by atoms with Crippen LogP contribution in [0.1, 0.15) is 48.6 Å². The number of likely N-dealkylation sites (tertiary alicyclic amines) is 1. The number of aromatic nitrogens is 6. The molecule has 0 aliphatic carbocycles. The Labute approximate surface area is 245 Å². The first-order chi connectivity index (χ1) is 20.9. The third-order valence-electron chi connectivity index (χ3n) is 7.73. The van der Waals surface area contributed by atoms with Crippen LogP contribution in [0.4, 0.5) is 13.2 Å². The van der Waals surface area contributed by atoms with Crippen LogP contribution in [0, 0.1) is 17.7 Å². The summed E-state index contributed by atoms with van der Waals surface area (Å²) in [6.07, 6.45) is 11.1. The molecule has 7 rings (SSSR count). The fourth-order valence-corrected chi connectivity index (χ4v) is 5.63. The summed E-state index contributed by atoms with van der Waals surface area (Å²) in [5, 5.41) is 4.85. The molecule has 6 heterocycles. The summed E-state index contributed by atoms with van der Waals surface area (Å²) in [6.45, 7) is 1.15. The van der Waals surface area contributed by atoms with Gasteiger partial charge in [0.05, 0.1) is 29.3 Å².